The van der Waals surface area contributed by atoms with Crippen LogP contribution in [0.4, 0.5) is 0 Å². The smallest absolute Gasteiger partial charge is 0.199 e. The van der Waals surface area contributed by atoms with E-state index in [0.717, 1.165) is 19.1 Å². The predicted octanol–water partition coefficient (Wildman–Crippen LogP) is 4.14. The van der Waals surface area contributed by atoms with E-state index in [-0.39, 0.29) is 0 Å². The van der Waals surface area contributed by atoms with Gasteiger partial charge in [-0.2, -0.15) is 0 Å². The standard InChI is InChI=1S/C9H15Cl3O/c1-2-3-4-5-6-8(7-13)9(10,11)12/h7-8H,2-6H2,1H3. The van der Waals surface area contributed by atoms with Crippen molar-refractivity contribution in [3.63, 3.8) is 0 Å². The second-order valence-electron chi connectivity index (χ2n) is 3.13. The van der Waals surface area contributed by atoms with Gasteiger partial charge >= 0.3 is 0 Å². The van der Waals surface area contributed by atoms with Gasteiger partial charge in [0.15, 0.2) is 3.79 Å². The number of alkyl halides is 3. The summed E-state index contributed by atoms with van der Waals surface area (Å²) in [5.41, 5.74) is 0. The minimum atomic E-state index is -1.44. The maximum atomic E-state index is 10.6. The number of aldehydes is 1. The van der Waals surface area contributed by atoms with Gasteiger partial charge in [0.1, 0.15) is 6.29 Å². The number of carbonyl (C=O) groups excluding carboxylic acids is 1. The second-order valence-corrected chi connectivity index (χ2v) is 5.50. The molecule has 0 saturated carbocycles. The van der Waals surface area contributed by atoms with E-state index in [1.54, 1.807) is 0 Å². The fourth-order valence-corrected chi connectivity index (χ4v) is 1.58. The molecule has 1 unspecified atom stereocenters. The molecule has 0 radical (unpaired) electrons. The van der Waals surface area contributed by atoms with E-state index in [0.29, 0.717) is 6.42 Å². The quantitative estimate of drug-likeness (QED) is 0.390. The van der Waals surface area contributed by atoms with E-state index in [4.69, 9.17) is 34.8 Å². The molecule has 0 spiro atoms. The third kappa shape index (κ3) is 6.59. The maximum Gasteiger partial charge on any atom is 0.199 e. The number of halogens is 3. The van der Waals surface area contributed by atoms with Crippen LogP contribution in [-0.4, -0.2) is 10.1 Å². The van der Waals surface area contributed by atoms with Crippen molar-refractivity contribution < 1.29 is 4.79 Å². The molecule has 0 aromatic heterocycles. The Labute approximate surface area is 94.7 Å². The third-order valence-corrected chi connectivity index (χ3v) is 2.79. The first-order valence-electron chi connectivity index (χ1n) is 4.54. The Kier molecular flexibility index (Phi) is 7.20. The van der Waals surface area contributed by atoms with E-state index >= 15 is 0 Å². The number of rotatable bonds is 6. The molecule has 0 fully saturated rings. The molecule has 0 aliphatic heterocycles. The minimum Gasteiger partial charge on any atom is -0.303 e. The lowest BCUT2D eigenvalue weighted by atomic mass is 10.0. The largest absolute Gasteiger partial charge is 0.303 e. The average Bonchev–Trinajstić information content (AvgIpc) is 2.02. The fourth-order valence-electron chi connectivity index (χ4n) is 1.10. The fraction of sp³-hybridized carbons (Fsp3) is 0.889. The van der Waals surface area contributed by atoms with Crippen LogP contribution in [0.25, 0.3) is 0 Å². The summed E-state index contributed by atoms with van der Waals surface area (Å²) in [5, 5.41) is 0. The molecule has 0 N–H and O–H groups in total. The summed E-state index contributed by atoms with van der Waals surface area (Å²) in [4.78, 5) is 10.6. The van der Waals surface area contributed by atoms with Crippen LogP contribution in [0.2, 0.25) is 0 Å². The molecule has 0 aromatic rings. The molecule has 1 nitrogen and oxygen atoms in total. The highest BCUT2D eigenvalue weighted by molar-refractivity contribution is 6.68. The van der Waals surface area contributed by atoms with Crippen molar-refractivity contribution in [2.75, 3.05) is 0 Å². The van der Waals surface area contributed by atoms with E-state index in [1.165, 1.54) is 12.8 Å². The van der Waals surface area contributed by atoms with Crippen molar-refractivity contribution in [1.29, 1.82) is 0 Å². The molecule has 0 heterocycles. The van der Waals surface area contributed by atoms with Gasteiger partial charge in [-0.3, -0.25) is 0 Å². The van der Waals surface area contributed by atoms with E-state index < -0.39 is 9.71 Å². The number of unbranched alkanes of at least 4 members (excludes halogenated alkanes) is 3. The average molecular weight is 246 g/mol. The zero-order valence-corrected chi connectivity index (χ0v) is 10.0. The zero-order chi connectivity index (χ0) is 10.3. The van der Waals surface area contributed by atoms with Crippen molar-refractivity contribution in [2.45, 2.75) is 42.8 Å². The Morgan fingerprint density at radius 2 is 1.85 bits per heavy atom. The van der Waals surface area contributed by atoms with Crippen molar-refractivity contribution >= 4 is 41.1 Å². The van der Waals surface area contributed by atoms with Gasteiger partial charge in [-0.05, 0) is 6.42 Å². The van der Waals surface area contributed by atoms with Crippen LogP contribution >= 0.6 is 34.8 Å². The van der Waals surface area contributed by atoms with Gasteiger partial charge in [0, 0.05) is 0 Å². The molecule has 0 aliphatic carbocycles. The summed E-state index contributed by atoms with van der Waals surface area (Å²) in [6.45, 7) is 2.13. The Hall–Kier alpha value is 0.540. The molecular formula is C9H15Cl3O. The molecular weight excluding hydrogens is 230 g/mol. The first kappa shape index (κ1) is 13.5. The first-order valence-corrected chi connectivity index (χ1v) is 5.67. The Balaban J connectivity index is 3.67. The van der Waals surface area contributed by atoms with Crippen molar-refractivity contribution in [1.82, 2.24) is 0 Å². The highest BCUT2D eigenvalue weighted by Crippen LogP contribution is 2.36. The molecule has 0 amide bonds. The Morgan fingerprint density at radius 3 is 2.23 bits per heavy atom. The van der Waals surface area contributed by atoms with Crippen LogP contribution in [0.15, 0.2) is 0 Å². The normalized spacial score (nSPS) is 14.2. The molecule has 0 aliphatic rings. The lowest BCUT2D eigenvalue weighted by Crippen LogP contribution is -2.20. The first-order chi connectivity index (χ1) is 6.02. The molecule has 13 heavy (non-hydrogen) atoms. The van der Waals surface area contributed by atoms with Crippen LogP contribution in [0.1, 0.15) is 39.0 Å². The summed E-state index contributed by atoms with van der Waals surface area (Å²) >= 11 is 16.8. The Morgan fingerprint density at radius 1 is 1.23 bits per heavy atom. The predicted molar refractivity (Wildman–Crippen MR) is 58.6 cm³/mol. The van der Waals surface area contributed by atoms with Crippen molar-refractivity contribution in [3.8, 4) is 0 Å². The molecule has 0 bridgehead atoms. The number of carbonyl (C=O) groups is 1. The van der Waals surface area contributed by atoms with Gasteiger partial charge in [-0.25, -0.2) is 0 Å². The summed E-state index contributed by atoms with van der Waals surface area (Å²) in [7, 11) is 0. The lowest BCUT2D eigenvalue weighted by Gasteiger charge is -2.18. The van der Waals surface area contributed by atoms with Crippen LogP contribution in [0, 0.1) is 5.92 Å². The van der Waals surface area contributed by atoms with E-state index in [9.17, 15) is 4.79 Å². The molecule has 1 atom stereocenters. The zero-order valence-electron chi connectivity index (χ0n) is 7.73. The molecule has 0 rings (SSSR count). The van der Waals surface area contributed by atoms with Crippen LogP contribution < -0.4 is 0 Å². The topological polar surface area (TPSA) is 17.1 Å². The second kappa shape index (κ2) is 6.92. The molecule has 78 valence electrons. The van der Waals surface area contributed by atoms with E-state index in [2.05, 4.69) is 6.92 Å². The van der Waals surface area contributed by atoms with Gasteiger partial charge in [-0.15, -0.1) is 0 Å². The number of hydrogen-bond donors (Lipinski definition) is 0. The van der Waals surface area contributed by atoms with Crippen LogP contribution in [0.3, 0.4) is 0 Å². The minimum absolute atomic E-state index is 0.464. The summed E-state index contributed by atoms with van der Waals surface area (Å²) in [5.74, 6) is -0.464. The molecule has 0 aromatic carbocycles. The van der Waals surface area contributed by atoms with Gasteiger partial charge in [0.05, 0.1) is 5.92 Å². The maximum absolute atomic E-state index is 10.6. The van der Waals surface area contributed by atoms with Crippen LogP contribution in [0.5, 0.6) is 0 Å². The van der Waals surface area contributed by atoms with Crippen molar-refractivity contribution in [3.05, 3.63) is 0 Å². The summed E-state index contributed by atoms with van der Waals surface area (Å²) < 4.78 is -1.44. The van der Waals surface area contributed by atoms with Gasteiger partial charge in [0.25, 0.3) is 0 Å². The lowest BCUT2D eigenvalue weighted by molar-refractivity contribution is -0.111. The van der Waals surface area contributed by atoms with Gasteiger partial charge < -0.3 is 4.79 Å². The third-order valence-electron chi connectivity index (χ3n) is 1.95. The summed E-state index contributed by atoms with van der Waals surface area (Å²) in [6, 6.07) is 0. The van der Waals surface area contributed by atoms with Gasteiger partial charge in [0.2, 0.25) is 0 Å². The SMILES string of the molecule is CCCCCCC(C=O)C(Cl)(Cl)Cl. The Bertz CT molecular complexity index is 142. The van der Waals surface area contributed by atoms with Crippen LogP contribution in [-0.2, 0) is 4.79 Å². The highest BCUT2D eigenvalue weighted by Gasteiger charge is 2.31. The molecule has 4 heteroatoms. The van der Waals surface area contributed by atoms with Gasteiger partial charge in [-0.1, -0.05) is 67.4 Å². The molecule has 0 saturated heterocycles. The van der Waals surface area contributed by atoms with E-state index in [1.807, 2.05) is 0 Å². The monoisotopic (exact) mass is 244 g/mol. The number of hydrogen-bond acceptors (Lipinski definition) is 1. The van der Waals surface area contributed by atoms with Crippen molar-refractivity contribution in [2.24, 2.45) is 5.92 Å². The highest BCUT2D eigenvalue weighted by atomic mass is 35.6. The summed E-state index contributed by atoms with van der Waals surface area (Å²) in [6.07, 6.45) is 5.79.